The molecule has 0 fully saturated rings. The van der Waals surface area contributed by atoms with Crippen LogP contribution in [0.25, 0.3) is 0 Å². The number of hydrogen-bond acceptors (Lipinski definition) is 7. The highest BCUT2D eigenvalue weighted by atomic mass is 16.4. The Balaban J connectivity index is 1.90. The molecule has 3 rings (SSSR count). The molecule has 1 aromatic heterocycles. The summed E-state index contributed by atoms with van der Waals surface area (Å²) in [4.78, 5) is 27.5. The van der Waals surface area contributed by atoms with Gasteiger partial charge in [-0.15, -0.1) is 0 Å². The molecule has 3 aromatic rings. The fourth-order valence-electron chi connectivity index (χ4n) is 3.40. The minimum absolute atomic E-state index is 0.120. The number of benzene rings is 2. The number of pyridine rings is 1. The van der Waals surface area contributed by atoms with E-state index in [1.165, 1.54) is 12.1 Å². The summed E-state index contributed by atoms with van der Waals surface area (Å²) in [5.41, 5.74) is 10.9. The van der Waals surface area contributed by atoms with Gasteiger partial charge in [0.25, 0.3) is 0 Å². The van der Waals surface area contributed by atoms with Gasteiger partial charge in [0.05, 0.1) is 33.9 Å². The van der Waals surface area contributed by atoms with Crippen LogP contribution in [0.15, 0.2) is 64.8 Å². The maximum atomic E-state index is 11.4. The zero-order chi connectivity index (χ0) is 24.8. The van der Waals surface area contributed by atoms with Crippen molar-refractivity contribution in [2.45, 2.75) is 27.7 Å². The fourth-order valence-corrected chi connectivity index (χ4v) is 3.40. The highest BCUT2D eigenvalue weighted by Crippen LogP contribution is 2.19. The van der Waals surface area contributed by atoms with Crippen LogP contribution in [0.1, 0.15) is 57.1 Å². The van der Waals surface area contributed by atoms with E-state index in [1.54, 1.807) is 50.2 Å². The molecule has 0 unspecified atom stereocenters. The molecule has 2 aromatic carbocycles. The van der Waals surface area contributed by atoms with E-state index in [0.717, 1.165) is 22.5 Å². The Morgan fingerprint density at radius 3 is 1.47 bits per heavy atom. The van der Waals surface area contributed by atoms with Gasteiger partial charge in [0, 0.05) is 22.5 Å². The second-order valence-electron chi connectivity index (χ2n) is 7.57. The summed E-state index contributed by atoms with van der Waals surface area (Å²) in [6.07, 6.45) is 0. The normalized spacial score (nSPS) is 11.8. The quantitative estimate of drug-likeness (QED) is 0.281. The zero-order valence-corrected chi connectivity index (χ0v) is 19.2. The number of aromatic carboxylic acids is 2. The Bertz CT molecular complexity index is 1220. The summed E-state index contributed by atoms with van der Waals surface area (Å²) in [5, 5.41) is 27.4. The standard InChI is InChI=1S/C25H25N5O4/c1-14-20(16(3)27-29-22-11-7-5-9-18(22)24(31)32)13-21(15(2)26-14)17(4)28-30-23-12-8-6-10-19(23)25(33)34/h5-13,29-30H,1-4H3,(H,31,32)(H,33,34). The van der Waals surface area contributed by atoms with Gasteiger partial charge in [0.15, 0.2) is 0 Å². The molecular formula is C25H25N5O4. The van der Waals surface area contributed by atoms with Gasteiger partial charge in [-0.3, -0.25) is 15.8 Å². The van der Waals surface area contributed by atoms with Gasteiger partial charge in [-0.25, -0.2) is 9.59 Å². The van der Waals surface area contributed by atoms with Gasteiger partial charge in [-0.05, 0) is 58.0 Å². The molecule has 9 nitrogen and oxygen atoms in total. The smallest absolute Gasteiger partial charge is 0.337 e. The molecule has 9 heteroatoms. The summed E-state index contributed by atoms with van der Waals surface area (Å²) < 4.78 is 0. The fraction of sp³-hybridized carbons (Fsp3) is 0.160. The van der Waals surface area contributed by atoms with Gasteiger partial charge in [0.2, 0.25) is 0 Å². The molecule has 174 valence electrons. The molecule has 0 atom stereocenters. The van der Waals surface area contributed by atoms with E-state index in [2.05, 4.69) is 26.0 Å². The van der Waals surface area contributed by atoms with Gasteiger partial charge in [-0.1, -0.05) is 24.3 Å². The van der Waals surface area contributed by atoms with E-state index in [9.17, 15) is 19.8 Å². The van der Waals surface area contributed by atoms with Crippen LogP contribution in [-0.4, -0.2) is 38.6 Å². The van der Waals surface area contributed by atoms with Crippen molar-refractivity contribution in [3.8, 4) is 0 Å². The van der Waals surface area contributed by atoms with Crippen LogP contribution in [0, 0.1) is 13.8 Å². The number of aromatic nitrogens is 1. The van der Waals surface area contributed by atoms with Crippen molar-refractivity contribution in [1.29, 1.82) is 0 Å². The van der Waals surface area contributed by atoms with Crippen LogP contribution in [0.4, 0.5) is 11.4 Å². The average molecular weight is 460 g/mol. The number of nitrogens with one attached hydrogen (secondary N) is 2. The lowest BCUT2D eigenvalue weighted by molar-refractivity contribution is 0.0687. The van der Waals surface area contributed by atoms with E-state index in [4.69, 9.17) is 0 Å². The zero-order valence-electron chi connectivity index (χ0n) is 19.2. The lowest BCUT2D eigenvalue weighted by Gasteiger charge is -2.13. The minimum Gasteiger partial charge on any atom is -0.478 e. The lowest BCUT2D eigenvalue weighted by atomic mass is 10.0. The molecule has 0 amide bonds. The van der Waals surface area contributed by atoms with Crippen LogP contribution in [-0.2, 0) is 0 Å². The van der Waals surface area contributed by atoms with Crippen molar-refractivity contribution < 1.29 is 19.8 Å². The van der Waals surface area contributed by atoms with E-state index in [0.29, 0.717) is 22.8 Å². The number of carboxylic acids is 2. The second kappa shape index (κ2) is 10.4. The summed E-state index contributed by atoms with van der Waals surface area (Å²) in [7, 11) is 0. The Morgan fingerprint density at radius 2 is 1.09 bits per heavy atom. The first-order valence-electron chi connectivity index (χ1n) is 10.4. The van der Waals surface area contributed by atoms with E-state index in [-0.39, 0.29) is 11.1 Å². The maximum Gasteiger partial charge on any atom is 0.337 e. The summed E-state index contributed by atoms with van der Waals surface area (Å²) in [5.74, 6) is -2.09. The average Bonchev–Trinajstić information content (AvgIpc) is 2.81. The number of hydrogen-bond donors (Lipinski definition) is 4. The molecule has 0 aliphatic heterocycles. The molecule has 1 heterocycles. The van der Waals surface area contributed by atoms with Crippen LogP contribution >= 0.6 is 0 Å². The first kappa shape index (κ1) is 24.1. The predicted octanol–water partition coefficient (Wildman–Crippen LogP) is 4.77. The van der Waals surface area contributed by atoms with Gasteiger partial charge in [-0.2, -0.15) is 10.2 Å². The molecule has 0 saturated heterocycles. The van der Waals surface area contributed by atoms with Crippen LogP contribution in [0.2, 0.25) is 0 Å². The van der Waals surface area contributed by atoms with Crippen LogP contribution in [0.5, 0.6) is 0 Å². The monoisotopic (exact) mass is 459 g/mol. The molecule has 0 aliphatic rings. The van der Waals surface area contributed by atoms with E-state index in [1.807, 2.05) is 19.9 Å². The Labute approximate surface area is 196 Å². The SMILES string of the molecule is CC(=NNc1ccccc1C(=O)O)c1cc(C(C)=NNc2ccccc2C(=O)O)c(C)nc1C. The van der Waals surface area contributed by atoms with Crippen molar-refractivity contribution in [3.05, 3.63) is 88.2 Å². The summed E-state index contributed by atoms with van der Waals surface area (Å²) >= 11 is 0. The Morgan fingerprint density at radius 1 is 0.706 bits per heavy atom. The lowest BCUT2D eigenvalue weighted by Crippen LogP contribution is -2.11. The van der Waals surface area contributed by atoms with E-state index >= 15 is 0 Å². The number of hydrazone groups is 2. The van der Waals surface area contributed by atoms with Crippen molar-refractivity contribution in [2.24, 2.45) is 10.2 Å². The highest BCUT2D eigenvalue weighted by molar-refractivity contribution is 6.05. The third-order valence-corrected chi connectivity index (χ3v) is 5.19. The van der Waals surface area contributed by atoms with E-state index < -0.39 is 11.9 Å². The largest absolute Gasteiger partial charge is 0.478 e. The number of anilines is 2. The second-order valence-corrected chi connectivity index (χ2v) is 7.57. The third-order valence-electron chi connectivity index (χ3n) is 5.19. The minimum atomic E-state index is -1.05. The highest BCUT2D eigenvalue weighted by Gasteiger charge is 2.13. The number of rotatable bonds is 8. The number of para-hydroxylation sites is 2. The van der Waals surface area contributed by atoms with Gasteiger partial charge >= 0.3 is 11.9 Å². The molecule has 0 radical (unpaired) electrons. The molecular weight excluding hydrogens is 434 g/mol. The molecule has 0 spiro atoms. The number of carboxylic acid groups (broad SMARTS) is 2. The summed E-state index contributed by atoms with van der Waals surface area (Å²) in [6.45, 7) is 7.33. The molecule has 0 saturated carbocycles. The van der Waals surface area contributed by atoms with Crippen molar-refractivity contribution in [2.75, 3.05) is 10.9 Å². The number of aryl methyl sites for hydroxylation is 2. The van der Waals surface area contributed by atoms with Crippen molar-refractivity contribution in [1.82, 2.24) is 4.98 Å². The maximum absolute atomic E-state index is 11.4. The summed E-state index contributed by atoms with van der Waals surface area (Å²) in [6, 6.07) is 14.9. The molecule has 4 N–H and O–H groups in total. The Hall–Kier alpha value is -4.53. The Kier molecular flexibility index (Phi) is 7.37. The molecule has 34 heavy (non-hydrogen) atoms. The van der Waals surface area contributed by atoms with Crippen molar-refractivity contribution >= 4 is 34.7 Å². The van der Waals surface area contributed by atoms with Gasteiger partial charge in [0.1, 0.15) is 0 Å². The number of nitrogens with zero attached hydrogens (tertiary/aromatic N) is 3. The van der Waals surface area contributed by atoms with Crippen LogP contribution in [0.3, 0.4) is 0 Å². The van der Waals surface area contributed by atoms with Crippen LogP contribution < -0.4 is 10.9 Å². The predicted molar refractivity (Wildman–Crippen MR) is 132 cm³/mol. The van der Waals surface area contributed by atoms with Gasteiger partial charge < -0.3 is 10.2 Å². The molecule has 0 bridgehead atoms. The van der Waals surface area contributed by atoms with Crippen molar-refractivity contribution in [3.63, 3.8) is 0 Å². The first-order chi connectivity index (χ1) is 16.2. The topological polar surface area (TPSA) is 136 Å². The third kappa shape index (κ3) is 5.44. The molecule has 0 aliphatic carbocycles. The first-order valence-corrected chi connectivity index (χ1v) is 10.4. The number of carbonyl (C=O) groups is 2.